The number of nitrogens with zero attached hydrogens (tertiary/aromatic N) is 3. The number of hydrogen-bond acceptors (Lipinski definition) is 3. The fraction of sp³-hybridized carbons (Fsp3) is 0.944. The molecule has 0 aromatic carbocycles. The van der Waals surface area contributed by atoms with Crippen LogP contribution in [0.3, 0.4) is 0 Å². The molecule has 2 aliphatic rings. The fourth-order valence-corrected chi connectivity index (χ4v) is 3.80. The third-order valence-electron chi connectivity index (χ3n) is 5.15. The SMILES string of the molecule is CCNC(=NCC1CCCN(C(C)C)C1)NC1CCN(CC(F)(F)F)C1.I. The van der Waals surface area contributed by atoms with Crippen LogP contribution in [0, 0.1) is 5.92 Å². The summed E-state index contributed by atoms with van der Waals surface area (Å²) in [6.45, 7) is 10.3. The summed E-state index contributed by atoms with van der Waals surface area (Å²) in [4.78, 5) is 8.68. The molecule has 0 aromatic rings. The molecule has 160 valence electrons. The molecular formula is C18H35F3IN5. The summed E-state index contributed by atoms with van der Waals surface area (Å²) in [6, 6.07) is 0.583. The Bertz CT molecular complexity index is 459. The minimum atomic E-state index is -4.13. The Balaban J connectivity index is 0.00000364. The zero-order valence-electron chi connectivity index (χ0n) is 16.7. The number of alkyl halides is 3. The van der Waals surface area contributed by atoms with Crippen molar-refractivity contribution in [3.05, 3.63) is 0 Å². The Morgan fingerprint density at radius 3 is 2.56 bits per heavy atom. The number of aliphatic imine (C=N–C) groups is 1. The first kappa shape index (κ1) is 24.7. The number of rotatable bonds is 6. The molecule has 2 saturated heterocycles. The molecule has 0 aromatic heterocycles. The van der Waals surface area contributed by atoms with Crippen LogP contribution in [-0.2, 0) is 0 Å². The van der Waals surface area contributed by atoms with Crippen LogP contribution < -0.4 is 10.6 Å². The van der Waals surface area contributed by atoms with E-state index in [9.17, 15) is 13.2 Å². The molecule has 2 atom stereocenters. The monoisotopic (exact) mass is 505 g/mol. The van der Waals surface area contributed by atoms with E-state index < -0.39 is 12.7 Å². The maximum Gasteiger partial charge on any atom is 0.401 e. The van der Waals surface area contributed by atoms with Gasteiger partial charge in [0.2, 0.25) is 0 Å². The quantitative estimate of drug-likeness (QED) is 0.331. The highest BCUT2D eigenvalue weighted by molar-refractivity contribution is 14.0. The zero-order valence-corrected chi connectivity index (χ0v) is 19.0. The normalized spacial score (nSPS) is 25.5. The largest absolute Gasteiger partial charge is 0.401 e. The topological polar surface area (TPSA) is 42.9 Å². The summed E-state index contributed by atoms with van der Waals surface area (Å²) in [6.07, 6.45) is -1.02. The van der Waals surface area contributed by atoms with Gasteiger partial charge in [-0.25, -0.2) is 0 Å². The molecule has 0 spiro atoms. The molecule has 2 aliphatic heterocycles. The highest BCUT2D eigenvalue weighted by atomic mass is 127. The maximum atomic E-state index is 12.5. The van der Waals surface area contributed by atoms with Gasteiger partial charge in [0.05, 0.1) is 6.54 Å². The van der Waals surface area contributed by atoms with Crippen LogP contribution in [0.25, 0.3) is 0 Å². The van der Waals surface area contributed by atoms with Crippen LogP contribution >= 0.6 is 24.0 Å². The molecule has 2 rings (SSSR count). The average molecular weight is 505 g/mol. The molecule has 0 bridgehead atoms. The van der Waals surface area contributed by atoms with Crippen LogP contribution in [0.4, 0.5) is 13.2 Å². The van der Waals surface area contributed by atoms with Gasteiger partial charge in [-0.3, -0.25) is 9.89 Å². The second kappa shape index (κ2) is 11.6. The van der Waals surface area contributed by atoms with Crippen molar-refractivity contribution in [3.8, 4) is 0 Å². The summed E-state index contributed by atoms with van der Waals surface area (Å²) < 4.78 is 37.6. The summed E-state index contributed by atoms with van der Waals surface area (Å²) in [5.41, 5.74) is 0. The van der Waals surface area contributed by atoms with Crippen LogP contribution in [0.2, 0.25) is 0 Å². The number of piperidine rings is 1. The molecule has 27 heavy (non-hydrogen) atoms. The van der Waals surface area contributed by atoms with Gasteiger partial charge in [0.15, 0.2) is 5.96 Å². The minimum absolute atomic E-state index is 0. The smallest absolute Gasteiger partial charge is 0.357 e. The van der Waals surface area contributed by atoms with Crippen LogP contribution in [0.15, 0.2) is 4.99 Å². The minimum Gasteiger partial charge on any atom is -0.357 e. The van der Waals surface area contributed by atoms with E-state index in [0.717, 1.165) is 32.1 Å². The van der Waals surface area contributed by atoms with Gasteiger partial charge in [-0.2, -0.15) is 13.2 Å². The zero-order chi connectivity index (χ0) is 19.2. The second-order valence-corrected chi connectivity index (χ2v) is 7.80. The van der Waals surface area contributed by atoms with E-state index in [1.807, 2.05) is 6.92 Å². The van der Waals surface area contributed by atoms with Crippen molar-refractivity contribution in [1.29, 1.82) is 0 Å². The van der Waals surface area contributed by atoms with Crippen molar-refractivity contribution >= 4 is 29.9 Å². The lowest BCUT2D eigenvalue weighted by atomic mass is 9.97. The van der Waals surface area contributed by atoms with Crippen molar-refractivity contribution in [2.75, 3.05) is 45.8 Å². The highest BCUT2D eigenvalue weighted by Gasteiger charge is 2.34. The number of likely N-dealkylation sites (tertiary alicyclic amines) is 2. The molecule has 9 heteroatoms. The van der Waals surface area contributed by atoms with Crippen LogP contribution in [0.5, 0.6) is 0 Å². The van der Waals surface area contributed by atoms with E-state index in [0.29, 0.717) is 31.5 Å². The van der Waals surface area contributed by atoms with Gasteiger partial charge in [0.25, 0.3) is 0 Å². The van der Waals surface area contributed by atoms with Crippen molar-refractivity contribution < 1.29 is 13.2 Å². The van der Waals surface area contributed by atoms with Gasteiger partial charge in [-0.05, 0) is 52.5 Å². The second-order valence-electron chi connectivity index (χ2n) is 7.80. The molecule has 0 aliphatic carbocycles. The van der Waals surface area contributed by atoms with E-state index in [4.69, 9.17) is 4.99 Å². The fourth-order valence-electron chi connectivity index (χ4n) is 3.80. The molecule has 0 amide bonds. The van der Waals surface area contributed by atoms with Crippen LogP contribution in [0.1, 0.15) is 40.0 Å². The standard InChI is InChI=1S/C18H34F3N5.HI/c1-4-22-17(23-10-15-6-5-8-26(11-15)14(2)3)24-16-7-9-25(12-16)13-18(19,20)21;/h14-16H,4-13H2,1-3H3,(H2,22,23,24);1H. The Morgan fingerprint density at radius 1 is 1.19 bits per heavy atom. The van der Waals surface area contributed by atoms with E-state index >= 15 is 0 Å². The summed E-state index contributed by atoms with van der Waals surface area (Å²) in [7, 11) is 0. The van der Waals surface area contributed by atoms with Crippen molar-refractivity contribution in [1.82, 2.24) is 20.4 Å². The van der Waals surface area contributed by atoms with Crippen molar-refractivity contribution in [3.63, 3.8) is 0 Å². The molecule has 0 saturated carbocycles. The molecule has 2 heterocycles. The summed E-state index contributed by atoms with van der Waals surface area (Å²) >= 11 is 0. The number of halogens is 4. The Labute approximate surface area is 178 Å². The van der Waals surface area contributed by atoms with Gasteiger partial charge < -0.3 is 15.5 Å². The maximum absolute atomic E-state index is 12.5. The first-order chi connectivity index (χ1) is 12.3. The van der Waals surface area contributed by atoms with Gasteiger partial charge in [-0.15, -0.1) is 24.0 Å². The molecular weight excluding hydrogens is 470 g/mol. The Kier molecular flexibility index (Phi) is 10.7. The predicted molar refractivity (Wildman–Crippen MR) is 115 cm³/mol. The van der Waals surface area contributed by atoms with Crippen LogP contribution in [-0.4, -0.2) is 79.8 Å². The van der Waals surface area contributed by atoms with Crippen molar-refractivity contribution in [2.45, 2.75) is 58.3 Å². The lowest BCUT2D eigenvalue weighted by Crippen LogP contribution is -2.46. The van der Waals surface area contributed by atoms with E-state index in [1.54, 1.807) is 0 Å². The summed E-state index contributed by atoms with van der Waals surface area (Å²) in [5.74, 6) is 1.28. The van der Waals surface area contributed by atoms with Gasteiger partial charge in [0, 0.05) is 44.8 Å². The van der Waals surface area contributed by atoms with Gasteiger partial charge >= 0.3 is 6.18 Å². The molecule has 0 radical (unpaired) electrons. The molecule has 2 fully saturated rings. The number of hydrogen-bond donors (Lipinski definition) is 2. The predicted octanol–water partition coefficient (Wildman–Crippen LogP) is 2.92. The van der Waals surface area contributed by atoms with E-state index in [2.05, 4.69) is 29.4 Å². The number of guanidine groups is 1. The van der Waals surface area contributed by atoms with Gasteiger partial charge in [0.1, 0.15) is 0 Å². The Morgan fingerprint density at radius 2 is 1.93 bits per heavy atom. The first-order valence-corrected chi connectivity index (χ1v) is 9.84. The first-order valence-electron chi connectivity index (χ1n) is 9.84. The van der Waals surface area contributed by atoms with Gasteiger partial charge in [-0.1, -0.05) is 0 Å². The molecule has 2 unspecified atom stereocenters. The summed E-state index contributed by atoms with van der Waals surface area (Å²) in [5, 5.41) is 6.55. The van der Waals surface area contributed by atoms with Crippen molar-refractivity contribution in [2.24, 2.45) is 10.9 Å². The lowest BCUT2D eigenvalue weighted by Gasteiger charge is -2.35. The van der Waals surface area contributed by atoms with E-state index in [-0.39, 0.29) is 30.0 Å². The van der Waals surface area contributed by atoms with E-state index in [1.165, 1.54) is 17.7 Å². The average Bonchev–Trinajstić information content (AvgIpc) is 2.98. The molecule has 2 N–H and O–H groups in total. The highest BCUT2D eigenvalue weighted by Crippen LogP contribution is 2.20. The molecule has 5 nitrogen and oxygen atoms in total. The third kappa shape index (κ3) is 9.17. The third-order valence-corrected chi connectivity index (χ3v) is 5.15. The number of nitrogens with one attached hydrogen (secondary N) is 2. The Hall–Kier alpha value is -0.290. The lowest BCUT2D eigenvalue weighted by molar-refractivity contribution is -0.143.